The highest BCUT2D eigenvalue weighted by molar-refractivity contribution is 5.83. The molecule has 0 atom stereocenters. The van der Waals surface area contributed by atoms with Gasteiger partial charge in [-0.2, -0.15) is 0 Å². The molecule has 5 fully saturated rings. The quantitative estimate of drug-likeness (QED) is 0.777. The topological polar surface area (TPSA) is 58.6 Å². The minimum Gasteiger partial charge on any atom is -0.484 e. The van der Waals surface area contributed by atoms with Gasteiger partial charge in [-0.25, -0.2) is 0 Å². The molecule has 5 heteroatoms. The van der Waals surface area contributed by atoms with Gasteiger partial charge in [0.25, 0.3) is 5.91 Å². The first-order chi connectivity index (χ1) is 14.9. The fourth-order valence-corrected chi connectivity index (χ4v) is 7.16. The van der Waals surface area contributed by atoms with Crippen LogP contribution in [-0.4, -0.2) is 42.5 Å². The Kier molecular flexibility index (Phi) is 5.47. The Balaban J connectivity index is 1.09. The summed E-state index contributed by atoms with van der Waals surface area (Å²) < 4.78 is 5.67. The molecule has 5 nitrogen and oxygen atoms in total. The van der Waals surface area contributed by atoms with Crippen LogP contribution in [0.3, 0.4) is 0 Å². The number of rotatable bonds is 5. The summed E-state index contributed by atoms with van der Waals surface area (Å²) in [5, 5.41) is 3.11. The highest BCUT2D eigenvalue weighted by atomic mass is 16.5. The molecule has 4 aliphatic carbocycles. The van der Waals surface area contributed by atoms with Gasteiger partial charge < -0.3 is 15.0 Å². The molecule has 4 bridgehead atoms. The molecule has 1 aromatic rings. The first kappa shape index (κ1) is 20.8. The number of nitrogens with zero attached hydrogens (tertiary/aromatic N) is 1. The van der Waals surface area contributed by atoms with Gasteiger partial charge in [0.1, 0.15) is 5.75 Å². The zero-order valence-corrected chi connectivity index (χ0v) is 19.0. The summed E-state index contributed by atoms with van der Waals surface area (Å²) in [5.41, 5.74) is 2.32. The highest BCUT2D eigenvalue weighted by Gasteiger charge is 2.55. The number of ether oxygens (including phenoxy) is 1. The van der Waals surface area contributed by atoms with Crippen LogP contribution in [-0.2, 0) is 9.59 Å². The number of hydrogen-bond donors (Lipinski definition) is 1. The molecule has 0 unspecified atom stereocenters. The summed E-state index contributed by atoms with van der Waals surface area (Å²) in [6.07, 6.45) is 9.17. The molecule has 1 heterocycles. The summed E-state index contributed by atoms with van der Waals surface area (Å²) in [7, 11) is 0. The molecule has 1 aliphatic heterocycles. The summed E-state index contributed by atoms with van der Waals surface area (Å²) in [4.78, 5) is 28.0. The normalized spacial score (nSPS) is 32.2. The van der Waals surface area contributed by atoms with Crippen LogP contribution in [0.4, 0.5) is 0 Å². The number of carbonyl (C=O) groups excluding carboxylic acids is 2. The van der Waals surface area contributed by atoms with Crippen LogP contribution in [0, 0.1) is 37.0 Å². The maximum Gasteiger partial charge on any atom is 0.258 e. The lowest BCUT2D eigenvalue weighted by atomic mass is 9.49. The van der Waals surface area contributed by atoms with Crippen LogP contribution in [0.5, 0.6) is 5.75 Å². The second-order valence-corrected chi connectivity index (χ2v) is 10.9. The van der Waals surface area contributed by atoms with Crippen molar-refractivity contribution in [1.29, 1.82) is 0 Å². The Morgan fingerprint density at radius 2 is 1.61 bits per heavy atom. The van der Waals surface area contributed by atoms with Gasteiger partial charge in [0.2, 0.25) is 5.91 Å². The van der Waals surface area contributed by atoms with Gasteiger partial charge in [0, 0.05) is 19.1 Å². The van der Waals surface area contributed by atoms with Crippen molar-refractivity contribution in [3.8, 4) is 5.75 Å². The fourth-order valence-electron chi connectivity index (χ4n) is 7.16. The largest absolute Gasteiger partial charge is 0.484 e. The lowest BCUT2D eigenvalue weighted by molar-refractivity contribution is -0.158. The van der Waals surface area contributed by atoms with Gasteiger partial charge >= 0.3 is 0 Å². The minimum absolute atomic E-state index is 0.0366. The van der Waals surface area contributed by atoms with Crippen molar-refractivity contribution in [2.45, 2.75) is 71.3 Å². The zero-order chi connectivity index (χ0) is 21.6. The van der Waals surface area contributed by atoms with E-state index in [1.54, 1.807) is 0 Å². The van der Waals surface area contributed by atoms with E-state index in [1.165, 1.54) is 24.8 Å². The summed E-state index contributed by atoms with van der Waals surface area (Å²) in [6.45, 7) is 5.68. The minimum atomic E-state index is -0.0795. The molecule has 1 aromatic carbocycles. The van der Waals surface area contributed by atoms with Crippen molar-refractivity contribution in [2.75, 3.05) is 19.7 Å². The van der Waals surface area contributed by atoms with Crippen LogP contribution in [0.2, 0.25) is 0 Å². The molecule has 4 saturated carbocycles. The van der Waals surface area contributed by atoms with Gasteiger partial charge in [-0.3, -0.25) is 9.59 Å². The third-order valence-corrected chi connectivity index (χ3v) is 8.49. The number of amides is 2. The van der Waals surface area contributed by atoms with Crippen LogP contribution in [0.15, 0.2) is 18.2 Å². The average molecular weight is 425 g/mol. The van der Waals surface area contributed by atoms with Crippen molar-refractivity contribution in [1.82, 2.24) is 10.2 Å². The van der Waals surface area contributed by atoms with E-state index in [1.807, 2.05) is 25.1 Å². The van der Waals surface area contributed by atoms with E-state index < -0.39 is 0 Å². The molecule has 1 N–H and O–H groups in total. The number of carbonyl (C=O) groups is 2. The van der Waals surface area contributed by atoms with Crippen molar-refractivity contribution in [3.05, 3.63) is 29.3 Å². The number of benzene rings is 1. The van der Waals surface area contributed by atoms with Crippen LogP contribution < -0.4 is 10.1 Å². The number of likely N-dealkylation sites (tertiary alicyclic amines) is 1. The molecule has 5 aliphatic rings. The van der Waals surface area contributed by atoms with Crippen molar-refractivity contribution >= 4 is 11.8 Å². The molecule has 0 radical (unpaired) electrons. The Hall–Kier alpha value is -2.04. The van der Waals surface area contributed by atoms with Crippen molar-refractivity contribution < 1.29 is 14.3 Å². The predicted octanol–water partition coefficient (Wildman–Crippen LogP) is 4.01. The highest BCUT2D eigenvalue weighted by Crippen LogP contribution is 2.60. The van der Waals surface area contributed by atoms with E-state index >= 15 is 0 Å². The van der Waals surface area contributed by atoms with Gasteiger partial charge in [0.05, 0.1) is 5.41 Å². The Morgan fingerprint density at radius 3 is 2.19 bits per heavy atom. The molecule has 6 rings (SSSR count). The van der Waals surface area contributed by atoms with E-state index in [4.69, 9.17) is 4.74 Å². The Bertz CT molecular complexity index is 821. The maximum atomic E-state index is 13.5. The lowest BCUT2D eigenvalue weighted by Gasteiger charge is -2.57. The number of nitrogens with one attached hydrogen (secondary N) is 1. The second-order valence-electron chi connectivity index (χ2n) is 10.9. The summed E-state index contributed by atoms with van der Waals surface area (Å²) in [5.74, 6) is 3.46. The van der Waals surface area contributed by atoms with Crippen LogP contribution in [0.25, 0.3) is 0 Å². The SMILES string of the molecule is Cc1ccc(OCC(=O)NC2CCN(C(=O)C34CC5CC(CC(C5)C3)C4)CC2)cc1C. The van der Waals surface area contributed by atoms with E-state index in [-0.39, 0.29) is 24.0 Å². The van der Waals surface area contributed by atoms with E-state index in [0.29, 0.717) is 5.91 Å². The summed E-state index contributed by atoms with van der Waals surface area (Å²) in [6, 6.07) is 6.02. The van der Waals surface area contributed by atoms with Crippen LogP contribution >= 0.6 is 0 Å². The Labute approximate surface area is 185 Å². The lowest BCUT2D eigenvalue weighted by Crippen LogP contribution is -2.57. The van der Waals surface area contributed by atoms with Gasteiger partial charge in [-0.05, 0) is 106 Å². The molecule has 2 amide bonds. The van der Waals surface area contributed by atoms with Gasteiger partial charge in [-0.15, -0.1) is 0 Å². The Morgan fingerprint density at radius 1 is 1.00 bits per heavy atom. The van der Waals surface area contributed by atoms with Crippen LogP contribution in [0.1, 0.15) is 62.5 Å². The molecule has 0 spiro atoms. The van der Waals surface area contributed by atoms with Crippen molar-refractivity contribution in [2.24, 2.45) is 23.2 Å². The van der Waals surface area contributed by atoms with E-state index in [0.717, 1.165) is 74.3 Å². The van der Waals surface area contributed by atoms with Gasteiger partial charge in [-0.1, -0.05) is 6.07 Å². The first-order valence-electron chi connectivity index (χ1n) is 12.2. The number of aryl methyl sites for hydroxylation is 2. The molecule has 0 aromatic heterocycles. The second kappa shape index (κ2) is 8.14. The molecular weight excluding hydrogens is 388 g/mol. The third-order valence-electron chi connectivity index (χ3n) is 8.49. The maximum absolute atomic E-state index is 13.5. The van der Waals surface area contributed by atoms with Gasteiger partial charge in [0.15, 0.2) is 6.61 Å². The molecular formula is C26H36N2O3. The monoisotopic (exact) mass is 424 g/mol. The summed E-state index contributed by atoms with van der Waals surface area (Å²) >= 11 is 0. The van der Waals surface area contributed by atoms with E-state index in [9.17, 15) is 9.59 Å². The fraction of sp³-hybridized carbons (Fsp3) is 0.692. The zero-order valence-electron chi connectivity index (χ0n) is 19.0. The molecule has 31 heavy (non-hydrogen) atoms. The van der Waals surface area contributed by atoms with E-state index in [2.05, 4.69) is 17.1 Å². The number of hydrogen-bond acceptors (Lipinski definition) is 3. The van der Waals surface area contributed by atoms with Crippen molar-refractivity contribution in [3.63, 3.8) is 0 Å². The first-order valence-corrected chi connectivity index (χ1v) is 12.2. The molecule has 168 valence electrons. The standard InChI is InChI=1S/C26H36N2O3/c1-17-3-4-23(9-18(17)2)31-16-24(29)27-22-5-7-28(8-6-22)25(30)26-13-19-10-20(14-26)12-21(11-19)15-26/h3-4,9,19-22H,5-8,10-16H2,1-2H3,(H,27,29). The average Bonchev–Trinajstić information content (AvgIpc) is 2.74. The smallest absolute Gasteiger partial charge is 0.258 e. The third kappa shape index (κ3) is 4.20. The number of piperidine rings is 1. The molecule has 1 saturated heterocycles. The predicted molar refractivity (Wildman–Crippen MR) is 120 cm³/mol.